The van der Waals surface area contributed by atoms with E-state index in [1.165, 1.54) is 0 Å². The molecule has 0 spiro atoms. The maximum Gasteiger partial charge on any atom is 0.261 e. The molecule has 0 bridgehead atoms. The van der Waals surface area contributed by atoms with E-state index < -0.39 is 9.05 Å². The first-order valence-electron chi connectivity index (χ1n) is 4.80. The summed E-state index contributed by atoms with van der Waals surface area (Å²) in [6, 6.07) is 0. The maximum atomic E-state index is 11.5. The smallest absolute Gasteiger partial charge is 0.261 e. The van der Waals surface area contributed by atoms with Crippen molar-refractivity contribution in [3.8, 4) is 5.75 Å². The standard InChI is InChI=1S/C11H15ClO3S/c1-6-8(3)11(16(12,13)14)9(4)7(2)10(6)15-5/h1-5H3. The molecule has 0 saturated heterocycles. The van der Waals surface area contributed by atoms with Gasteiger partial charge < -0.3 is 4.74 Å². The number of ether oxygens (including phenoxy) is 1. The van der Waals surface area contributed by atoms with Crippen molar-refractivity contribution >= 4 is 19.7 Å². The summed E-state index contributed by atoms with van der Waals surface area (Å²) in [6.07, 6.45) is 0. The lowest BCUT2D eigenvalue weighted by atomic mass is 10.00. The molecule has 0 aliphatic rings. The van der Waals surface area contributed by atoms with Gasteiger partial charge in [-0.1, -0.05) is 0 Å². The molecule has 0 unspecified atom stereocenters. The summed E-state index contributed by atoms with van der Waals surface area (Å²) in [6.45, 7) is 7.12. The number of benzene rings is 1. The van der Waals surface area contributed by atoms with E-state index in [2.05, 4.69) is 0 Å². The zero-order valence-electron chi connectivity index (χ0n) is 10.0. The highest BCUT2D eigenvalue weighted by atomic mass is 35.7. The molecule has 0 aliphatic carbocycles. The quantitative estimate of drug-likeness (QED) is 0.770. The van der Waals surface area contributed by atoms with Crippen molar-refractivity contribution in [3.63, 3.8) is 0 Å². The van der Waals surface area contributed by atoms with Crippen LogP contribution in [0, 0.1) is 27.7 Å². The lowest BCUT2D eigenvalue weighted by Crippen LogP contribution is -2.05. The van der Waals surface area contributed by atoms with Gasteiger partial charge in [-0.25, -0.2) is 8.42 Å². The third kappa shape index (κ3) is 2.04. The summed E-state index contributed by atoms with van der Waals surface area (Å²) in [5.41, 5.74) is 2.92. The highest BCUT2D eigenvalue weighted by Gasteiger charge is 2.22. The Morgan fingerprint density at radius 3 is 1.56 bits per heavy atom. The molecule has 1 aromatic carbocycles. The van der Waals surface area contributed by atoms with Gasteiger partial charge in [-0.2, -0.15) is 0 Å². The Kier molecular flexibility index (Phi) is 3.55. The Morgan fingerprint density at radius 1 is 0.938 bits per heavy atom. The molecule has 1 aromatic rings. The third-order valence-corrected chi connectivity index (χ3v) is 4.50. The first-order valence-corrected chi connectivity index (χ1v) is 7.11. The summed E-state index contributed by atoms with van der Waals surface area (Å²) < 4.78 is 28.3. The van der Waals surface area contributed by atoms with E-state index in [9.17, 15) is 8.42 Å². The predicted molar refractivity (Wildman–Crippen MR) is 65.0 cm³/mol. The predicted octanol–water partition coefficient (Wildman–Crippen LogP) is 2.86. The molecule has 0 N–H and O–H groups in total. The highest BCUT2D eigenvalue weighted by Crippen LogP contribution is 2.35. The molecule has 3 nitrogen and oxygen atoms in total. The van der Waals surface area contributed by atoms with Crippen molar-refractivity contribution in [2.24, 2.45) is 0 Å². The normalized spacial score (nSPS) is 11.6. The lowest BCUT2D eigenvalue weighted by molar-refractivity contribution is 0.407. The molecular weight excluding hydrogens is 248 g/mol. The van der Waals surface area contributed by atoms with E-state index in [1.54, 1.807) is 21.0 Å². The minimum atomic E-state index is -3.72. The van der Waals surface area contributed by atoms with Crippen LogP contribution in [0.4, 0.5) is 0 Å². The molecule has 0 saturated carbocycles. The van der Waals surface area contributed by atoms with Gasteiger partial charge in [0.2, 0.25) is 0 Å². The van der Waals surface area contributed by atoms with E-state index in [0.717, 1.165) is 16.9 Å². The maximum absolute atomic E-state index is 11.5. The van der Waals surface area contributed by atoms with Gasteiger partial charge in [0.25, 0.3) is 9.05 Å². The van der Waals surface area contributed by atoms with Crippen LogP contribution >= 0.6 is 10.7 Å². The molecule has 0 amide bonds. The van der Waals surface area contributed by atoms with Crippen LogP contribution in [-0.4, -0.2) is 15.5 Å². The minimum Gasteiger partial charge on any atom is -0.496 e. The fourth-order valence-electron chi connectivity index (χ4n) is 1.92. The van der Waals surface area contributed by atoms with Crippen LogP contribution in [0.2, 0.25) is 0 Å². The Hall–Kier alpha value is -0.740. The first-order chi connectivity index (χ1) is 7.21. The topological polar surface area (TPSA) is 43.4 Å². The SMILES string of the molecule is COc1c(C)c(C)c(S(=O)(=O)Cl)c(C)c1C. The molecule has 0 fully saturated rings. The van der Waals surface area contributed by atoms with Crippen molar-refractivity contribution in [2.45, 2.75) is 32.6 Å². The highest BCUT2D eigenvalue weighted by molar-refractivity contribution is 8.13. The van der Waals surface area contributed by atoms with Gasteiger partial charge in [0.1, 0.15) is 5.75 Å². The lowest BCUT2D eigenvalue weighted by Gasteiger charge is -2.17. The van der Waals surface area contributed by atoms with Crippen molar-refractivity contribution in [1.82, 2.24) is 0 Å². The van der Waals surface area contributed by atoms with Gasteiger partial charge in [-0.3, -0.25) is 0 Å². The Bertz CT molecular complexity index is 504. The largest absolute Gasteiger partial charge is 0.496 e. The fourth-order valence-corrected chi connectivity index (χ4v) is 3.65. The second-order valence-corrected chi connectivity index (χ2v) is 6.30. The van der Waals surface area contributed by atoms with Crippen molar-refractivity contribution in [2.75, 3.05) is 7.11 Å². The van der Waals surface area contributed by atoms with E-state index in [0.29, 0.717) is 11.1 Å². The van der Waals surface area contributed by atoms with Gasteiger partial charge in [0.05, 0.1) is 12.0 Å². The minimum absolute atomic E-state index is 0.199. The number of hydrogen-bond acceptors (Lipinski definition) is 3. The Balaban J connectivity index is 3.82. The molecule has 0 aromatic heterocycles. The average Bonchev–Trinajstić information content (AvgIpc) is 2.14. The first kappa shape index (κ1) is 13.3. The summed E-state index contributed by atoms with van der Waals surface area (Å²) in [7, 11) is 3.30. The van der Waals surface area contributed by atoms with Gasteiger partial charge in [0.15, 0.2) is 0 Å². The molecule has 16 heavy (non-hydrogen) atoms. The fraction of sp³-hybridized carbons (Fsp3) is 0.455. The van der Waals surface area contributed by atoms with Gasteiger partial charge >= 0.3 is 0 Å². The molecule has 0 radical (unpaired) electrons. The molecule has 0 atom stereocenters. The average molecular weight is 263 g/mol. The second-order valence-electron chi connectivity index (χ2n) is 3.80. The van der Waals surface area contributed by atoms with Crippen LogP contribution in [0.25, 0.3) is 0 Å². The van der Waals surface area contributed by atoms with Crippen molar-refractivity contribution in [3.05, 3.63) is 22.3 Å². The van der Waals surface area contributed by atoms with Crippen LogP contribution in [0.3, 0.4) is 0 Å². The van der Waals surface area contributed by atoms with Gasteiger partial charge in [-0.15, -0.1) is 0 Å². The van der Waals surface area contributed by atoms with E-state index >= 15 is 0 Å². The van der Waals surface area contributed by atoms with Crippen LogP contribution in [-0.2, 0) is 9.05 Å². The zero-order valence-corrected chi connectivity index (χ0v) is 11.6. The molecule has 90 valence electrons. The second kappa shape index (κ2) is 4.26. The van der Waals surface area contributed by atoms with Crippen molar-refractivity contribution in [1.29, 1.82) is 0 Å². The van der Waals surface area contributed by atoms with Gasteiger partial charge in [-0.05, 0) is 49.9 Å². The summed E-state index contributed by atoms with van der Waals surface area (Å²) in [4.78, 5) is 0.199. The van der Waals surface area contributed by atoms with Crippen LogP contribution < -0.4 is 4.74 Å². The van der Waals surface area contributed by atoms with E-state index in [1.807, 2.05) is 13.8 Å². The van der Waals surface area contributed by atoms with E-state index in [4.69, 9.17) is 15.4 Å². The monoisotopic (exact) mass is 262 g/mol. The van der Waals surface area contributed by atoms with Crippen molar-refractivity contribution < 1.29 is 13.2 Å². The molecule has 0 heterocycles. The molecule has 1 rings (SSSR count). The summed E-state index contributed by atoms with van der Waals surface area (Å²) in [5.74, 6) is 0.721. The number of rotatable bonds is 2. The molecular formula is C11H15ClO3S. The number of halogens is 1. The molecule has 0 aliphatic heterocycles. The van der Waals surface area contributed by atoms with Crippen LogP contribution in [0.15, 0.2) is 4.90 Å². The Labute approximate surface area is 101 Å². The van der Waals surface area contributed by atoms with Gasteiger partial charge in [0, 0.05) is 10.7 Å². The third-order valence-electron chi connectivity index (χ3n) is 2.94. The summed E-state index contributed by atoms with van der Waals surface area (Å²) >= 11 is 0. The number of methoxy groups -OCH3 is 1. The number of hydrogen-bond donors (Lipinski definition) is 0. The van der Waals surface area contributed by atoms with E-state index in [-0.39, 0.29) is 4.90 Å². The van der Waals surface area contributed by atoms with Crippen LogP contribution in [0.5, 0.6) is 5.75 Å². The Morgan fingerprint density at radius 2 is 1.31 bits per heavy atom. The molecule has 5 heteroatoms. The van der Waals surface area contributed by atoms with Crippen LogP contribution in [0.1, 0.15) is 22.3 Å². The summed E-state index contributed by atoms with van der Waals surface area (Å²) in [5, 5.41) is 0. The zero-order chi connectivity index (χ0) is 12.7.